The zero-order valence-electron chi connectivity index (χ0n) is 16.0. The Hall–Kier alpha value is -2.39. The molecule has 0 bridgehead atoms. The van der Waals surface area contributed by atoms with E-state index in [1.54, 1.807) is 29.4 Å². The number of hydrogen-bond donors (Lipinski definition) is 0. The molecule has 1 fully saturated rings. The molecule has 4 aromatic rings. The molecule has 1 aliphatic carbocycles. The third-order valence-corrected chi connectivity index (χ3v) is 7.07. The molecule has 0 radical (unpaired) electrons. The van der Waals surface area contributed by atoms with Gasteiger partial charge in [-0.1, -0.05) is 42.2 Å². The van der Waals surface area contributed by atoms with Crippen LogP contribution in [0.3, 0.4) is 0 Å². The highest BCUT2D eigenvalue weighted by molar-refractivity contribution is 7.99. The Balaban J connectivity index is 1.43. The molecule has 0 unspecified atom stereocenters. The van der Waals surface area contributed by atoms with Crippen LogP contribution in [0.5, 0.6) is 0 Å². The fourth-order valence-electron chi connectivity index (χ4n) is 3.71. The summed E-state index contributed by atoms with van der Waals surface area (Å²) in [5, 5.41) is 15.9. The van der Waals surface area contributed by atoms with E-state index in [4.69, 9.17) is 8.94 Å². The molecule has 1 saturated carbocycles. The van der Waals surface area contributed by atoms with Crippen molar-refractivity contribution in [3.05, 3.63) is 41.8 Å². The molecule has 0 aliphatic heterocycles. The summed E-state index contributed by atoms with van der Waals surface area (Å²) in [4.78, 5) is 5.59. The lowest BCUT2D eigenvalue weighted by atomic mass is 9.95. The van der Waals surface area contributed by atoms with E-state index in [1.165, 1.54) is 19.3 Å². The monoisotopic (exact) mass is 427 g/mol. The van der Waals surface area contributed by atoms with Crippen molar-refractivity contribution in [1.29, 1.82) is 0 Å². The summed E-state index contributed by atoms with van der Waals surface area (Å²) in [5.41, 5.74) is 0. The molecule has 4 aromatic heterocycles. The Morgan fingerprint density at radius 3 is 2.83 bits per heavy atom. The third-order valence-electron chi connectivity index (χ3n) is 5.16. The number of thioether (sulfide) groups is 1. The van der Waals surface area contributed by atoms with E-state index in [0.717, 1.165) is 34.5 Å². The molecule has 7 nitrogen and oxygen atoms in total. The van der Waals surface area contributed by atoms with Gasteiger partial charge in [-0.25, -0.2) is 0 Å². The summed E-state index contributed by atoms with van der Waals surface area (Å²) in [6.45, 7) is 2.06. The normalized spacial score (nSPS) is 16.3. The summed E-state index contributed by atoms with van der Waals surface area (Å²) in [6, 6.07) is 8.18. The number of hydrogen-bond acceptors (Lipinski definition) is 8. The van der Waals surface area contributed by atoms with Gasteiger partial charge >= 0.3 is 0 Å². The van der Waals surface area contributed by atoms with Crippen LogP contribution in [0.1, 0.15) is 56.2 Å². The molecular formula is C20H21N5O2S2. The fraction of sp³-hybridized carbons (Fsp3) is 0.400. The third kappa shape index (κ3) is 3.76. The summed E-state index contributed by atoms with van der Waals surface area (Å²) < 4.78 is 13.4. The van der Waals surface area contributed by atoms with E-state index in [1.807, 2.05) is 29.6 Å². The Labute approximate surface area is 176 Å². The van der Waals surface area contributed by atoms with Gasteiger partial charge in [0.15, 0.2) is 10.9 Å². The highest BCUT2D eigenvalue weighted by Crippen LogP contribution is 2.40. The molecule has 0 spiro atoms. The Morgan fingerprint density at radius 1 is 1.17 bits per heavy atom. The summed E-state index contributed by atoms with van der Waals surface area (Å²) in [5.74, 6) is 2.77. The molecule has 5 rings (SSSR count). The summed E-state index contributed by atoms with van der Waals surface area (Å²) >= 11 is 3.20. The largest absolute Gasteiger partial charge is 0.461 e. The topological polar surface area (TPSA) is 82.8 Å². The second kappa shape index (κ2) is 8.16. The maximum atomic E-state index is 5.63. The first-order valence-electron chi connectivity index (χ1n) is 9.82. The average molecular weight is 428 g/mol. The zero-order chi connectivity index (χ0) is 19.6. The molecular weight excluding hydrogens is 406 g/mol. The van der Waals surface area contributed by atoms with E-state index in [-0.39, 0.29) is 5.25 Å². The van der Waals surface area contributed by atoms with Crippen molar-refractivity contribution in [3.63, 3.8) is 0 Å². The van der Waals surface area contributed by atoms with Crippen molar-refractivity contribution in [2.45, 2.75) is 55.5 Å². The first kappa shape index (κ1) is 18.6. The van der Waals surface area contributed by atoms with Gasteiger partial charge in [0.1, 0.15) is 0 Å². The van der Waals surface area contributed by atoms with Crippen molar-refractivity contribution < 1.29 is 8.94 Å². The van der Waals surface area contributed by atoms with Crippen molar-refractivity contribution in [2.24, 2.45) is 0 Å². The number of aromatic nitrogens is 5. The molecule has 0 aromatic carbocycles. The lowest BCUT2D eigenvalue weighted by Crippen LogP contribution is -2.15. The molecule has 1 atom stereocenters. The number of furan rings is 1. The molecule has 0 saturated heterocycles. The van der Waals surface area contributed by atoms with E-state index < -0.39 is 0 Å². The van der Waals surface area contributed by atoms with E-state index in [2.05, 4.69) is 31.8 Å². The second-order valence-electron chi connectivity index (χ2n) is 7.14. The molecule has 150 valence electrons. The molecule has 4 heterocycles. The first-order valence-corrected chi connectivity index (χ1v) is 11.6. The minimum atomic E-state index is -0.0350. The highest BCUT2D eigenvalue weighted by atomic mass is 32.2. The summed E-state index contributed by atoms with van der Waals surface area (Å²) in [7, 11) is 0. The van der Waals surface area contributed by atoms with Gasteiger partial charge in [0.25, 0.3) is 0 Å². The van der Waals surface area contributed by atoms with Crippen LogP contribution in [-0.2, 0) is 0 Å². The Kier molecular flexibility index (Phi) is 5.24. The van der Waals surface area contributed by atoms with Gasteiger partial charge < -0.3 is 8.94 Å². The molecule has 0 amide bonds. The van der Waals surface area contributed by atoms with Crippen molar-refractivity contribution in [3.8, 4) is 22.3 Å². The molecule has 9 heteroatoms. The van der Waals surface area contributed by atoms with Gasteiger partial charge in [-0.05, 0) is 43.3 Å². The lowest BCUT2D eigenvalue weighted by molar-refractivity contribution is 0.337. The lowest BCUT2D eigenvalue weighted by Gasteiger charge is -2.25. The minimum Gasteiger partial charge on any atom is -0.461 e. The van der Waals surface area contributed by atoms with Crippen LogP contribution in [-0.4, -0.2) is 24.9 Å². The molecule has 0 N–H and O–H groups in total. The maximum Gasteiger partial charge on any atom is 0.240 e. The number of thiophene rings is 1. The Morgan fingerprint density at radius 2 is 2.07 bits per heavy atom. The van der Waals surface area contributed by atoms with Gasteiger partial charge in [-0.15, -0.1) is 21.5 Å². The fourth-order valence-corrected chi connectivity index (χ4v) is 5.31. The van der Waals surface area contributed by atoms with Gasteiger partial charge in [0.2, 0.25) is 17.5 Å². The average Bonchev–Trinajstić information content (AvgIpc) is 3.55. The molecule has 29 heavy (non-hydrogen) atoms. The minimum absolute atomic E-state index is 0.0350. The maximum absolute atomic E-state index is 5.63. The van der Waals surface area contributed by atoms with Crippen LogP contribution in [0.15, 0.2) is 50.0 Å². The van der Waals surface area contributed by atoms with Gasteiger partial charge in [0.05, 0.1) is 16.4 Å². The molecule has 1 aliphatic rings. The predicted molar refractivity (Wildman–Crippen MR) is 112 cm³/mol. The number of nitrogens with zero attached hydrogens (tertiary/aromatic N) is 5. The van der Waals surface area contributed by atoms with Gasteiger partial charge in [-0.2, -0.15) is 4.98 Å². The SMILES string of the molecule is C[C@@H](Sc1nnc(-c2ccco2)n1C1CCCCC1)c1nc(-c2cccs2)no1. The Bertz CT molecular complexity index is 1050. The van der Waals surface area contributed by atoms with E-state index in [0.29, 0.717) is 17.8 Å². The van der Waals surface area contributed by atoms with Gasteiger partial charge in [0, 0.05) is 6.04 Å². The quantitative estimate of drug-likeness (QED) is 0.349. The smallest absolute Gasteiger partial charge is 0.240 e. The van der Waals surface area contributed by atoms with E-state index >= 15 is 0 Å². The van der Waals surface area contributed by atoms with E-state index in [9.17, 15) is 0 Å². The van der Waals surface area contributed by atoms with Crippen LogP contribution in [0, 0.1) is 0 Å². The van der Waals surface area contributed by atoms with Crippen LogP contribution in [0.2, 0.25) is 0 Å². The van der Waals surface area contributed by atoms with Crippen LogP contribution >= 0.6 is 23.1 Å². The highest BCUT2D eigenvalue weighted by Gasteiger charge is 2.27. The standard InChI is InChI=1S/C20H21N5O2S2/c1-13(19-21-17(24-27-19)16-10-6-12-28-16)29-20-23-22-18(15-9-5-11-26-15)25(20)14-7-3-2-4-8-14/h5-6,9-14H,2-4,7-8H2,1H3/t13-/m1/s1. The summed E-state index contributed by atoms with van der Waals surface area (Å²) in [6.07, 6.45) is 7.70. The van der Waals surface area contributed by atoms with Crippen LogP contribution < -0.4 is 0 Å². The van der Waals surface area contributed by atoms with Crippen molar-refractivity contribution in [2.75, 3.05) is 0 Å². The first-order chi connectivity index (χ1) is 14.3. The zero-order valence-corrected chi connectivity index (χ0v) is 17.7. The second-order valence-corrected chi connectivity index (χ2v) is 9.39. The van der Waals surface area contributed by atoms with Crippen LogP contribution in [0.4, 0.5) is 0 Å². The predicted octanol–water partition coefficient (Wildman–Crippen LogP) is 6.01. The van der Waals surface area contributed by atoms with Crippen LogP contribution in [0.25, 0.3) is 22.3 Å². The number of rotatable bonds is 6. The van der Waals surface area contributed by atoms with Crippen molar-refractivity contribution >= 4 is 23.1 Å². The van der Waals surface area contributed by atoms with Crippen molar-refractivity contribution in [1.82, 2.24) is 24.9 Å². The van der Waals surface area contributed by atoms with Gasteiger partial charge in [-0.3, -0.25) is 4.57 Å².